The van der Waals surface area contributed by atoms with Gasteiger partial charge in [-0.2, -0.15) is 5.10 Å². The molecule has 28 heavy (non-hydrogen) atoms. The smallest absolute Gasteiger partial charge is 0.0678 e. The van der Waals surface area contributed by atoms with Gasteiger partial charge in [0.2, 0.25) is 0 Å². The Kier molecular flexibility index (Phi) is 6.11. The van der Waals surface area contributed by atoms with E-state index in [0.717, 1.165) is 45.0 Å². The van der Waals surface area contributed by atoms with Crippen molar-refractivity contribution in [2.24, 2.45) is 11.8 Å². The first kappa shape index (κ1) is 19.6. The summed E-state index contributed by atoms with van der Waals surface area (Å²) in [5, 5.41) is 14.3. The van der Waals surface area contributed by atoms with Gasteiger partial charge < -0.3 is 9.84 Å². The van der Waals surface area contributed by atoms with E-state index in [1.807, 2.05) is 16.9 Å². The van der Waals surface area contributed by atoms with Gasteiger partial charge in [0.25, 0.3) is 0 Å². The Morgan fingerprint density at radius 1 is 1.04 bits per heavy atom. The van der Waals surface area contributed by atoms with Crippen LogP contribution in [-0.4, -0.2) is 76.2 Å². The molecule has 2 aliphatic heterocycles. The van der Waals surface area contributed by atoms with E-state index in [-0.39, 0.29) is 6.61 Å². The molecule has 6 heteroatoms. The fraction of sp³-hybridized carbons (Fsp3) is 0.591. The molecule has 0 saturated carbocycles. The van der Waals surface area contributed by atoms with Crippen LogP contribution in [0.25, 0.3) is 5.69 Å². The van der Waals surface area contributed by atoms with Gasteiger partial charge in [0.05, 0.1) is 17.9 Å². The Morgan fingerprint density at radius 2 is 1.82 bits per heavy atom. The average molecular weight is 385 g/mol. The zero-order valence-electron chi connectivity index (χ0n) is 16.9. The predicted molar refractivity (Wildman–Crippen MR) is 109 cm³/mol. The molecule has 0 unspecified atom stereocenters. The SMILES string of the molecule is C[C@@H]1CN(C[C@H]2CN(Cc3cccc(-n4cccn4)c3)C[C@H]2CO)C[C@H](C)O1. The third kappa shape index (κ3) is 4.63. The van der Waals surface area contributed by atoms with Gasteiger partial charge in [-0.05, 0) is 49.4 Å². The number of ether oxygens (including phenoxy) is 1. The van der Waals surface area contributed by atoms with Crippen LogP contribution in [0.4, 0.5) is 0 Å². The Hall–Kier alpha value is -1.73. The largest absolute Gasteiger partial charge is 0.396 e. The first-order valence-electron chi connectivity index (χ1n) is 10.4. The van der Waals surface area contributed by atoms with Crippen LogP contribution in [0.3, 0.4) is 0 Å². The van der Waals surface area contributed by atoms with Crippen LogP contribution in [-0.2, 0) is 11.3 Å². The molecule has 1 aromatic carbocycles. The maximum atomic E-state index is 9.94. The average Bonchev–Trinajstić information content (AvgIpc) is 3.31. The van der Waals surface area contributed by atoms with Crippen molar-refractivity contribution in [3.63, 3.8) is 0 Å². The second-order valence-corrected chi connectivity index (χ2v) is 8.49. The summed E-state index contributed by atoms with van der Waals surface area (Å²) in [5.74, 6) is 0.861. The van der Waals surface area contributed by atoms with Gasteiger partial charge >= 0.3 is 0 Å². The van der Waals surface area contributed by atoms with E-state index in [4.69, 9.17) is 4.74 Å². The van der Waals surface area contributed by atoms with Crippen LogP contribution < -0.4 is 0 Å². The molecule has 6 nitrogen and oxygen atoms in total. The van der Waals surface area contributed by atoms with Gasteiger partial charge in [0.15, 0.2) is 0 Å². The molecule has 3 heterocycles. The first-order chi connectivity index (χ1) is 13.6. The zero-order valence-corrected chi connectivity index (χ0v) is 16.9. The predicted octanol–water partition coefficient (Wildman–Crippen LogP) is 2.02. The van der Waals surface area contributed by atoms with Crippen LogP contribution in [0.5, 0.6) is 0 Å². The molecule has 0 aliphatic carbocycles. The van der Waals surface area contributed by atoms with Crippen LogP contribution in [0.15, 0.2) is 42.7 Å². The summed E-state index contributed by atoms with van der Waals surface area (Å²) >= 11 is 0. The Balaban J connectivity index is 1.38. The molecule has 0 radical (unpaired) electrons. The molecule has 1 N–H and O–H groups in total. The van der Waals surface area contributed by atoms with Gasteiger partial charge in [0, 0.05) is 58.3 Å². The number of rotatable bonds is 6. The lowest BCUT2D eigenvalue weighted by molar-refractivity contribution is -0.0727. The van der Waals surface area contributed by atoms with E-state index < -0.39 is 0 Å². The van der Waals surface area contributed by atoms with Gasteiger partial charge in [0.1, 0.15) is 0 Å². The summed E-state index contributed by atoms with van der Waals surface area (Å²) in [6.07, 6.45) is 4.35. The lowest BCUT2D eigenvalue weighted by Crippen LogP contribution is -2.48. The highest BCUT2D eigenvalue weighted by atomic mass is 16.5. The van der Waals surface area contributed by atoms with Crippen LogP contribution in [0, 0.1) is 11.8 Å². The molecule has 1 aromatic heterocycles. The van der Waals surface area contributed by atoms with Crippen molar-refractivity contribution >= 4 is 0 Å². The summed E-state index contributed by atoms with van der Waals surface area (Å²) in [6, 6.07) is 10.5. The van der Waals surface area contributed by atoms with Crippen molar-refractivity contribution in [1.29, 1.82) is 0 Å². The van der Waals surface area contributed by atoms with E-state index >= 15 is 0 Å². The molecule has 0 bridgehead atoms. The number of aromatic nitrogens is 2. The molecule has 152 valence electrons. The van der Waals surface area contributed by atoms with Gasteiger partial charge in [-0.1, -0.05) is 12.1 Å². The summed E-state index contributed by atoms with van der Waals surface area (Å²) in [6.45, 7) is 10.5. The minimum absolute atomic E-state index is 0.268. The van der Waals surface area contributed by atoms with Crippen LogP contribution in [0.2, 0.25) is 0 Å². The molecular formula is C22H32N4O2. The lowest BCUT2D eigenvalue weighted by atomic mass is 9.96. The summed E-state index contributed by atoms with van der Waals surface area (Å²) < 4.78 is 7.76. The maximum absolute atomic E-state index is 9.94. The molecule has 0 amide bonds. The highest BCUT2D eigenvalue weighted by Crippen LogP contribution is 2.27. The summed E-state index contributed by atoms with van der Waals surface area (Å²) in [7, 11) is 0. The van der Waals surface area contributed by atoms with Crippen LogP contribution in [0.1, 0.15) is 19.4 Å². The van der Waals surface area contributed by atoms with Gasteiger partial charge in [-0.25, -0.2) is 4.68 Å². The van der Waals surface area contributed by atoms with Crippen molar-refractivity contribution in [2.75, 3.05) is 39.3 Å². The lowest BCUT2D eigenvalue weighted by Gasteiger charge is -2.37. The molecule has 0 spiro atoms. The van der Waals surface area contributed by atoms with Gasteiger partial charge in [-0.15, -0.1) is 0 Å². The topological polar surface area (TPSA) is 53.8 Å². The molecule has 2 fully saturated rings. The maximum Gasteiger partial charge on any atom is 0.0678 e. The van der Waals surface area contributed by atoms with Crippen molar-refractivity contribution in [1.82, 2.24) is 19.6 Å². The number of likely N-dealkylation sites (tertiary alicyclic amines) is 1. The number of morpholine rings is 1. The Bertz CT molecular complexity index is 741. The molecule has 2 aliphatic rings. The molecule has 4 atom stereocenters. The summed E-state index contributed by atoms with van der Waals surface area (Å²) in [5.41, 5.74) is 2.38. The highest BCUT2D eigenvalue weighted by molar-refractivity contribution is 5.35. The number of aliphatic hydroxyl groups is 1. The summed E-state index contributed by atoms with van der Waals surface area (Å²) in [4.78, 5) is 5.01. The fourth-order valence-corrected chi connectivity index (χ4v) is 4.82. The third-order valence-electron chi connectivity index (χ3n) is 5.96. The zero-order chi connectivity index (χ0) is 19.5. The number of hydrogen-bond donors (Lipinski definition) is 1. The monoisotopic (exact) mass is 384 g/mol. The number of benzene rings is 1. The highest BCUT2D eigenvalue weighted by Gasteiger charge is 2.34. The fourth-order valence-electron chi connectivity index (χ4n) is 4.82. The molecule has 2 saturated heterocycles. The third-order valence-corrected chi connectivity index (χ3v) is 5.96. The van der Waals surface area contributed by atoms with E-state index in [0.29, 0.717) is 24.0 Å². The second-order valence-electron chi connectivity index (χ2n) is 8.49. The minimum Gasteiger partial charge on any atom is -0.396 e. The molecular weight excluding hydrogens is 352 g/mol. The second kappa shape index (κ2) is 8.74. The minimum atomic E-state index is 0.268. The van der Waals surface area contributed by atoms with Crippen molar-refractivity contribution in [2.45, 2.75) is 32.6 Å². The standard InChI is InChI=1S/C22H32N4O2/c1-17-10-24(11-18(2)28-17)13-20-14-25(15-21(20)16-27)12-19-5-3-6-22(9-19)26-8-4-7-23-26/h3-9,17-18,20-21,27H,10-16H2,1-2H3/t17-,18+,20-,21-/m0/s1. The normalized spacial score (nSPS) is 29.4. The van der Waals surface area contributed by atoms with E-state index in [2.05, 4.69) is 53.0 Å². The molecule has 4 rings (SSSR count). The van der Waals surface area contributed by atoms with Gasteiger partial charge in [-0.3, -0.25) is 9.80 Å². The number of nitrogens with zero attached hydrogens (tertiary/aromatic N) is 4. The first-order valence-corrected chi connectivity index (χ1v) is 10.4. The van der Waals surface area contributed by atoms with Crippen molar-refractivity contribution < 1.29 is 9.84 Å². The van der Waals surface area contributed by atoms with E-state index in [9.17, 15) is 5.11 Å². The quantitative estimate of drug-likeness (QED) is 0.826. The number of aliphatic hydroxyl groups excluding tert-OH is 1. The van der Waals surface area contributed by atoms with Crippen molar-refractivity contribution in [3.8, 4) is 5.69 Å². The Labute approximate surface area is 167 Å². The van der Waals surface area contributed by atoms with E-state index in [1.165, 1.54) is 5.56 Å². The van der Waals surface area contributed by atoms with Crippen molar-refractivity contribution in [3.05, 3.63) is 48.3 Å². The Morgan fingerprint density at radius 3 is 2.54 bits per heavy atom. The van der Waals surface area contributed by atoms with Crippen LogP contribution >= 0.6 is 0 Å². The van der Waals surface area contributed by atoms with E-state index in [1.54, 1.807) is 6.20 Å². The molecule has 2 aromatic rings. The number of hydrogen-bond acceptors (Lipinski definition) is 5.